The van der Waals surface area contributed by atoms with Crippen molar-refractivity contribution in [1.29, 1.82) is 0 Å². The van der Waals surface area contributed by atoms with Crippen LogP contribution >= 0.6 is 0 Å². The van der Waals surface area contributed by atoms with Gasteiger partial charge in [-0.1, -0.05) is 32.4 Å². The van der Waals surface area contributed by atoms with Gasteiger partial charge in [-0.05, 0) is 56.1 Å². The monoisotopic (exact) mass is 698 g/mol. The Morgan fingerprint density at radius 3 is 2.59 bits per heavy atom. The van der Waals surface area contributed by atoms with Gasteiger partial charge in [0.15, 0.2) is 0 Å². The molecule has 4 N–H and O–H groups in total. The molecule has 1 saturated heterocycles. The van der Waals surface area contributed by atoms with E-state index in [4.69, 9.17) is 9.47 Å². The lowest BCUT2D eigenvalue weighted by Crippen LogP contribution is -2.59. The fraction of sp³-hybridized carbons (Fsp3) is 0.576. The van der Waals surface area contributed by atoms with Gasteiger partial charge in [-0.3, -0.25) is 19.1 Å². The molecule has 4 aliphatic rings. The van der Waals surface area contributed by atoms with Crippen molar-refractivity contribution in [3.63, 3.8) is 0 Å². The lowest BCUT2D eigenvalue weighted by Gasteiger charge is -2.31. The van der Waals surface area contributed by atoms with Gasteiger partial charge in [0.1, 0.15) is 29.5 Å². The lowest BCUT2D eigenvalue weighted by atomic mass is 9.92. The Kier molecular flexibility index (Phi) is 9.44. The Balaban J connectivity index is 1.31. The minimum Gasteiger partial charge on any atom is -0.497 e. The average molecular weight is 699 g/mol. The minimum atomic E-state index is -3.90. The first kappa shape index (κ1) is 34.4. The molecule has 0 bridgehead atoms. The first-order chi connectivity index (χ1) is 23.3. The Hall–Kier alpha value is -4.47. The number of rotatable bonds is 7. The second kappa shape index (κ2) is 13.4. The van der Waals surface area contributed by atoms with Crippen LogP contribution in [0.3, 0.4) is 0 Å². The molecular formula is C33H42N6O9S. The van der Waals surface area contributed by atoms with Crippen LogP contribution in [0, 0.1) is 17.8 Å². The van der Waals surface area contributed by atoms with Crippen molar-refractivity contribution >= 4 is 44.9 Å². The number of ether oxygens (including phenoxy) is 2. The maximum absolute atomic E-state index is 14.2. The molecule has 1 aromatic carbocycles. The zero-order valence-corrected chi connectivity index (χ0v) is 28.4. The summed E-state index contributed by atoms with van der Waals surface area (Å²) in [7, 11) is -2.37. The minimum absolute atomic E-state index is 0.000808. The van der Waals surface area contributed by atoms with Gasteiger partial charge in [0.05, 0.1) is 36.1 Å². The van der Waals surface area contributed by atoms with Crippen LogP contribution in [-0.4, -0.2) is 94.8 Å². The predicted molar refractivity (Wildman–Crippen MR) is 176 cm³/mol. The highest BCUT2D eigenvalue weighted by atomic mass is 32.2. The van der Waals surface area contributed by atoms with Gasteiger partial charge in [0, 0.05) is 18.4 Å². The number of aromatic nitrogens is 2. The highest BCUT2D eigenvalue weighted by Crippen LogP contribution is 2.46. The number of carbonyl (C=O) groups excluding carboxylic acids is 3. The molecule has 2 aliphatic heterocycles. The summed E-state index contributed by atoms with van der Waals surface area (Å²) in [6.45, 7) is 3.73. The van der Waals surface area contributed by atoms with E-state index in [-0.39, 0.29) is 31.2 Å². The Bertz CT molecular complexity index is 1780. The maximum atomic E-state index is 14.2. The molecular weight excluding hydrogens is 656 g/mol. The summed E-state index contributed by atoms with van der Waals surface area (Å²) in [5, 5.41) is 14.2. The summed E-state index contributed by atoms with van der Waals surface area (Å²) in [6.07, 6.45) is 6.22. The zero-order valence-electron chi connectivity index (χ0n) is 27.6. The highest BCUT2D eigenvalue weighted by Gasteiger charge is 2.62. The predicted octanol–water partition coefficient (Wildman–Crippen LogP) is 2.12. The van der Waals surface area contributed by atoms with Crippen LogP contribution in [-0.2, 0) is 24.4 Å². The number of benzene rings is 1. The lowest BCUT2D eigenvalue weighted by molar-refractivity contribution is -0.142. The molecule has 2 aliphatic carbocycles. The fourth-order valence-electron chi connectivity index (χ4n) is 6.78. The van der Waals surface area contributed by atoms with E-state index < -0.39 is 74.7 Å². The molecule has 49 heavy (non-hydrogen) atoms. The number of nitrogens with zero attached hydrogens (tertiary/aromatic N) is 3. The first-order valence-corrected chi connectivity index (χ1v) is 18.2. The number of hydrogen-bond acceptors (Lipinski definition) is 10. The van der Waals surface area contributed by atoms with Crippen molar-refractivity contribution < 1.29 is 42.2 Å². The van der Waals surface area contributed by atoms with E-state index in [2.05, 4.69) is 25.3 Å². The molecule has 1 aromatic heterocycles. The quantitative estimate of drug-likeness (QED) is 0.308. The van der Waals surface area contributed by atoms with E-state index in [9.17, 15) is 32.7 Å². The summed E-state index contributed by atoms with van der Waals surface area (Å²) in [5.41, 5.74) is -0.416. The third-order valence-corrected chi connectivity index (χ3v) is 11.8. The third-order valence-electron chi connectivity index (χ3n) is 9.93. The SMILES string of the molecule is COc1ccc2ncc(O[C@@H]3C[C@H]4C(=O)N[C@]5(C(=O)NS(=O)(=O)C6CC6)C[C@H]5/C=C\[C@H](C)CCC[C@@H](C)[C@H](NC(=O)O)C(=O)N4C3)nc2c1. The number of hydrogen-bond donors (Lipinski definition) is 4. The van der Waals surface area contributed by atoms with Crippen LogP contribution in [0.1, 0.15) is 58.8 Å². The molecule has 2 saturated carbocycles. The van der Waals surface area contributed by atoms with Crippen molar-refractivity contribution in [2.24, 2.45) is 17.8 Å². The van der Waals surface area contributed by atoms with E-state index >= 15 is 0 Å². The zero-order chi connectivity index (χ0) is 35.1. The topological polar surface area (TPSA) is 206 Å². The van der Waals surface area contributed by atoms with Crippen molar-refractivity contribution in [3.8, 4) is 11.6 Å². The van der Waals surface area contributed by atoms with Gasteiger partial charge in [-0.2, -0.15) is 0 Å². The van der Waals surface area contributed by atoms with Gasteiger partial charge in [0.25, 0.3) is 5.91 Å². The van der Waals surface area contributed by atoms with Gasteiger partial charge in [0.2, 0.25) is 27.7 Å². The third kappa shape index (κ3) is 7.43. The smallest absolute Gasteiger partial charge is 0.405 e. The molecule has 264 valence electrons. The number of carbonyl (C=O) groups is 4. The normalized spacial score (nSPS) is 31.3. The summed E-state index contributed by atoms with van der Waals surface area (Å²) < 4.78 is 39.1. The van der Waals surface area contributed by atoms with Gasteiger partial charge in [-0.25, -0.2) is 23.2 Å². The summed E-state index contributed by atoms with van der Waals surface area (Å²) >= 11 is 0. The molecule has 16 heteroatoms. The summed E-state index contributed by atoms with van der Waals surface area (Å²) in [5.74, 6) is -2.13. The Morgan fingerprint density at radius 1 is 1.10 bits per heavy atom. The van der Waals surface area contributed by atoms with E-state index in [0.29, 0.717) is 42.5 Å². The van der Waals surface area contributed by atoms with Gasteiger partial charge in [-0.15, -0.1) is 0 Å². The molecule has 0 radical (unpaired) electrons. The van der Waals surface area contributed by atoms with Crippen LogP contribution in [0.4, 0.5) is 4.79 Å². The number of amides is 4. The van der Waals surface area contributed by atoms with Crippen molar-refractivity contribution in [3.05, 3.63) is 36.5 Å². The van der Waals surface area contributed by atoms with Crippen molar-refractivity contribution in [2.75, 3.05) is 13.7 Å². The number of fused-ring (bicyclic) bond motifs is 3. The number of methoxy groups -OCH3 is 1. The van der Waals surface area contributed by atoms with Crippen molar-refractivity contribution in [1.82, 2.24) is 30.2 Å². The number of nitrogens with one attached hydrogen (secondary N) is 3. The average Bonchev–Trinajstić information content (AvgIpc) is 3.98. The number of sulfonamides is 1. The van der Waals surface area contributed by atoms with E-state index in [1.165, 1.54) is 18.2 Å². The highest BCUT2D eigenvalue weighted by molar-refractivity contribution is 7.91. The Labute approximate surface area is 284 Å². The molecule has 3 fully saturated rings. The number of allylic oxidation sites excluding steroid dienone is 1. The van der Waals surface area contributed by atoms with Crippen LogP contribution in [0.5, 0.6) is 11.6 Å². The fourth-order valence-corrected chi connectivity index (χ4v) is 8.14. The van der Waals surface area contributed by atoms with Gasteiger partial charge >= 0.3 is 6.09 Å². The van der Waals surface area contributed by atoms with Crippen LogP contribution in [0.15, 0.2) is 36.5 Å². The van der Waals surface area contributed by atoms with E-state index in [0.717, 1.165) is 6.42 Å². The molecule has 2 aromatic rings. The molecule has 6 rings (SSSR count). The Morgan fingerprint density at radius 2 is 1.88 bits per heavy atom. The second-order valence-electron chi connectivity index (χ2n) is 13.7. The van der Waals surface area contributed by atoms with Crippen LogP contribution in [0.25, 0.3) is 11.0 Å². The van der Waals surface area contributed by atoms with Crippen molar-refractivity contribution in [2.45, 2.75) is 87.8 Å². The largest absolute Gasteiger partial charge is 0.497 e. The van der Waals surface area contributed by atoms with Crippen LogP contribution in [0.2, 0.25) is 0 Å². The van der Waals surface area contributed by atoms with E-state index in [1.807, 2.05) is 19.1 Å². The van der Waals surface area contributed by atoms with Crippen LogP contribution < -0.4 is 24.8 Å². The maximum Gasteiger partial charge on any atom is 0.405 e. The molecule has 4 amide bonds. The summed E-state index contributed by atoms with van der Waals surface area (Å²) in [6, 6.07) is 2.89. The second-order valence-corrected chi connectivity index (χ2v) is 15.6. The van der Waals surface area contributed by atoms with Gasteiger partial charge < -0.3 is 30.1 Å². The molecule has 7 atom stereocenters. The number of carboxylic acid groups (broad SMARTS) is 1. The molecule has 3 heterocycles. The molecule has 0 unspecified atom stereocenters. The molecule has 0 spiro atoms. The van der Waals surface area contributed by atoms with E-state index in [1.54, 1.807) is 25.1 Å². The summed E-state index contributed by atoms with van der Waals surface area (Å²) in [4.78, 5) is 64.0. The standard InChI is InChI=1S/C33H42N6O9S/c1-18-5-4-6-19(2)28(36-32(43)44)30(41)39-17-22(48-27-16-34-24-12-9-21(47-3)13-25(24)35-27)14-26(39)29(40)37-33(15-20(33)8-7-18)31(42)38-49(45,46)23-10-11-23/h7-9,12-13,16,18-20,22-23,26,28,36H,4-6,10-11,14-15,17H2,1-3H3,(H,37,40)(H,38,42)(H,43,44)/b8-7-/t18-,19-,20-,22-,26+,28+,33-/m1/s1. The molecule has 15 nitrogen and oxygen atoms in total. The first-order valence-electron chi connectivity index (χ1n) is 16.6.